The SMILES string of the molecule is Cc1ccc(-c2cc(C(=O)NC(C)CCc3ccccc3)c3ccccc3n2)cc1C. The molecule has 3 heteroatoms. The summed E-state index contributed by atoms with van der Waals surface area (Å²) in [5.74, 6) is -0.0516. The number of amides is 1. The number of pyridine rings is 1. The van der Waals surface area contributed by atoms with E-state index in [0.29, 0.717) is 5.56 Å². The maximum Gasteiger partial charge on any atom is 0.252 e. The van der Waals surface area contributed by atoms with E-state index in [9.17, 15) is 4.79 Å². The minimum Gasteiger partial charge on any atom is -0.350 e. The van der Waals surface area contributed by atoms with Crippen molar-refractivity contribution in [2.75, 3.05) is 0 Å². The maximum absolute atomic E-state index is 13.2. The number of hydrogen-bond acceptors (Lipinski definition) is 2. The van der Waals surface area contributed by atoms with Crippen molar-refractivity contribution in [2.45, 2.75) is 39.7 Å². The fraction of sp³-hybridized carbons (Fsp3) is 0.214. The van der Waals surface area contributed by atoms with Crippen LogP contribution in [0.15, 0.2) is 78.9 Å². The highest BCUT2D eigenvalue weighted by Crippen LogP contribution is 2.26. The highest BCUT2D eigenvalue weighted by molar-refractivity contribution is 6.07. The molecule has 0 saturated carbocycles. The van der Waals surface area contributed by atoms with Crippen LogP contribution in [0, 0.1) is 13.8 Å². The lowest BCUT2D eigenvalue weighted by atomic mass is 10.00. The molecule has 4 rings (SSSR count). The van der Waals surface area contributed by atoms with E-state index in [2.05, 4.69) is 68.6 Å². The van der Waals surface area contributed by atoms with Gasteiger partial charge in [0.05, 0.1) is 16.8 Å². The van der Waals surface area contributed by atoms with E-state index in [1.54, 1.807) is 0 Å². The Kier molecular flexibility index (Phi) is 6.13. The van der Waals surface area contributed by atoms with Gasteiger partial charge in [-0.05, 0) is 68.5 Å². The lowest BCUT2D eigenvalue weighted by Crippen LogP contribution is -2.33. The fourth-order valence-corrected chi connectivity index (χ4v) is 3.81. The average Bonchev–Trinajstić information content (AvgIpc) is 2.79. The van der Waals surface area contributed by atoms with Crippen LogP contribution in [0.2, 0.25) is 0 Å². The zero-order valence-corrected chi connectivity index (χ0v) is 18.4. The highest BCUT2D eigenvalue weighted by atomic mass is 16.1. The molecule has 1 aromatic heterocycles. The van der Waals surface area contributed by atoms with Gasteiger partial charge in [-0.3, -0.25) is 4.79 Å². The zero-order chi connectivity index (χ0) is 21.8. The number of para-hydroxylation sites is 1. The smallest absolute Gasteiger partial charge is 0.252 e. The molecule has 31 heavy (non-hydrogen) atoms. The lowest BCUT2D eigenvalue weighted by Gasteiger charge is -2.16. The first kappa shape index (κ1) is 20.8. The van der Waals surface area contributed by atoms with Crippen LogP contribution in [0.4, 0.5) is 0 Å². The molecule has 0 aliphatic carbocycles. The first-order valence-corrected chi connectivity index (χ1v) is 10.8. The number of benzene rings is 3. The predicted octanol–water partition coefficient (Wildman–Crippen LogP) is 6.27. The number of fused-ring (bicyclic) bond motifs is 1. The quantitative estimate of drug-likeness (QED) is 0.408. The van der Waals surface area contributed by atoms with Gasteiger partial charge in [0.25, 0.3) is 5.91 Å². The molecule has 0 aliphatic heterocycles. The number of hydrogen-bond donors (Lipinski definition) is 1. The van der Waals surface area contributed by atoms with Gasteiger partial charge >= 0.3 is 0 Å². The van der Waals surface area contributed by atoms with Gasteiger partial charge in [-0.25, -0.2) is 4.98 Å². The normalized spacial score (nSPS) is 12.0. The first-order chi connectivity index (χ1) is 15.0. The molecule has 1 unspecified atom stereocenters. The number of carbonyl (C=O) groups excluding carboxylic acids is 1. The third kappa shape index (κ3) is 4.83. The largest absolute Gasteiger partial charge is 0.350 e. The second-order valence-electron chi connectivity index (χ2n) is 8.27. The third-order valence-electron chi connectivity index (χ3n) is 5.85. The van der Waals surface area contributed by atoms with Crippen LogP contribution in [0.25, 0.3) is 22.2 Å². The average molecular weight is 409 g/mol. The Morgan fingerprint density at radius 3 is 2.42 bits per heavy atom. The topological polar surface area (TPSA) is 42.0 Å². The molecule has 156 valence electrons. The van der Waals surface area contributed by atoms with Crippen LogP contribution in [-0.2, 0) is 6.42 Å². The molecule has 0 fully saturated rings. The van der Waals surface area contributed by atoms with E-state index in [-0.39, 0.29) is 11.9 Å². The molecule has 0 radical (unpaired) electrons. The summed E-state index contributed by atoms with van der Waals surface area (Å²) in [7, 11) is 0. The molecule has 0 spiro atoms. The fourth-order valence-electron chi connectivity index (χ4n) is 3.81. The lowest BCUT2D eigenvalue weighted by molar-refractivity contribution is 0.0940. The van der Waals surface area contributed by atoms with Gasteiger partial charge in [0.1, 0.15) is 0 Å². The summed E-state index contributed by atoms with van der Waals surface area (Å²) >= 11 is 0. The summed E-state index contributed by atoms with van der Waals surface area (Å²) in [6.07, 6.45) is 1.83. The summed E-state index contributed by atoms with van der Waals surface area (Å²) in [6, 6.07) is 26.5. The van der Waals surface area contributed by atoms with Crippen molar-refractivity contribution in [1.82, 2.24) is 10.3 Å². The van der Waals surface area contributed by atoms with Gasteiger partial charge in [-0.1, -0.05) is 60.7 Å². The van der Waals surface area contributed by atoms with Gasteiger partial charge in [0.2, 0.25) is 0 Å². The summed E-state index contributed by atoms with van der Waals surface area (Å²) in [6.45, 7) is 6.26. The Morgan fingerprint density at radius 2 is 1.65 bits per heavy atom. The van der Waals surface area contributed by atoms with Crippen LogP contribution in [0.1, 0.15) is 40.4 Å². The molecule has 3 nitrogen and oxygen atoms in total. The van der Waals surface area contributed by atoms with Crippen molar-refractivity contribution in [3.8, 4) is 11.3 Å². The van der Waals surface area contributed by atoms with E-state index >= 15 is 0 Å². The third-order valence-corrected chi connectivity index (χ3v) is 5.85. The van der Waals surface area contributed by atoms with Crippen LogP contribution in [0.3, 0.4) is 0 Å². The summed E-state index contributed by atoms with van der Waals surface area (Å²) in [5.41, 5.74) is 7.10. The van der Waals surface area contributed by atoms with Crippen molar-refractivity contribution < 1.29 is 4.79 Å². The zero-order valence-electron chi connectivity index (χ0n) is 18.4. The van der Waals surface area contributed by atoms with Gasteiger partial charge in [0, 0.05) is 17.0 Å². The molecule has 1 atom stereocenters. The minimum atomic E-state index is -0.0516. The number of rotatable bonds is 6. The molecular formula is C28H28N2O. The van der Waals surface area contributed by atoms with Crippen molar-refractivity contribution in [3.05, 3.63) is 101 Å². The predicted molar refractivity (Wildman–Crippen MR) is 128 cm³/mol. The Hall–Kier alpha value is -3.46. The van der Waals surface area contributed by atoms with E-state index in [0.717, 1.165) is 35.0 Å². The molecular weight excluding hydrogens is 380 g/mol. The van der Waals surface area contributed by atoms with Gasteiger partial charge in [0.15, 0.2) is 0 Å². The molecule has 0 aliphatic rings. The molecule has 1 N–H and O–H groups in total. The van der Waals surface area contributed by atoms with E-state index in [4.69, 9.17) is 4.98 Å². The second kappa shape index (κ2) is 9.13. The van der Waals surface area contributed by atoms with Crippen molar-refractivity contribution in [1.29, 1.82) is 0 Å². The summed E-state index contributed by atoms with van der Waals surface area (Å²) in [5, 5.41) is 4.07. The number of aryl methyl sites for hydroxylation is 3. The maximum atomic E-state index is 13.2. The Labute approximate surface area is 184 Å². The van der Waals surface area contributed by atoms with Gasteiger partial charge in [-0.15, -0.1) is 0 Å². The Morgan fingerprint density at radius 1 is 0.903 bits per heavy atom. The van der Waals surface area contributed by atoms with E-state index in [1.807, 2.05) is 36.4 Å². The highest BCUT2D eigenvalue weighted by Gasteiger charge is 2.16. The van der Waals surface area contributed by atoms with Crippen LogP contribution < -0.4 is 5.32 Å². The molecule has 3 aromatic carbocycles. The van der Waals surface area contributed by atoms with Crippen LogP contribution in [0.5, 0.6) is 0 Å². The van der Waals surface area contributed by atoms with Crippen LogP contribution >= 0.6 is 0 Å². The monoisotopic (exact) mass is 408 g/mol. The van der Waals surface area contributed by atoms with Gasteiger partial charge in [-0.2, -0.15) is 0 Å². The molecule has 1 amide bonds. The summed E-state index contributed by atoms with van der Waals surface area (Å²) in [4.78, 5) is 18.1. The van der Waals surface area contributed by atoms with E-state index in [1.165, 1.54) is 16.7 Å². The number of aromatic nitrogens is 1. The Balaban J connectivity index is 1.60. The summed E-state index contributed by atoms with van der Waals surface area (Å²) < 4.78 is 0. The standard InChI is InChI=1S/C28H28N2O/c1-19-13-16-23(17-20(19)2)27-18-25(24-11-7-8-12-26(24)30-27)28(31)29-21(3)14-15-22-9-5-4-6-10-22/h4-13,16-18,21H,14-15H2,1-3H3,(H,29,31). The molecule has 0 bridgehead atoms. The van der Waals surface area contributed by atoms with E-state index < -0.39 is 0 Å². The first-order valence-electron chi connectivity index (χ1n) is 10.8. The van der Waals surface area contributed by atoms with Crippen molar-refractivity contribution >= 4 is 16.8 Å². The molecule has 1 heterocycles. The van der Waals surface area contributed by atoms with Crippen LogP contribution in [-0.4, -0.2) is 16.9 Å². The van der Waals surface area contributed by atoms with Crippen molar-refractivity contribution in [3.63, 3.8) is 0 Å². The number of nitrogens with one attached hydrogen (secondary N) is 1. The number of carbonyl (C=O) groups is 1. The number of nitrogens with zero attached hydrogens (tertiary/aromatic N) is 1. The van der Waals surface area contributed by atoms with Gasteiger partial charge < -0.3 is 5.32 Å². The Bertz CT molecular complexity index is 1210. The second-order valence-corrected chi connectivity index (χ2v) is 8.27. The molecule has 4 aromatic rings. The van der Waals surface area contributed by atoms with Crippen molar-refractivity contribution in [2.24, 2.45) is 0 Å². The minimum absolute atomic E-state index is 0.0516. The molecule has 0 saturated heterocycles.